The van der Waals surface area contributed by atoms with Gasteiger partial charge in [-0.2, -0.15) is 0 Å². The Morgan fingerprint density at radius 1 is 1.33 bits per heavy atom. The molecule has 0 amide bonds. The van der Waals surface area contributed by atoms with E-state index in [4.69, 9.17) is 23.2 Å². The Morgan fingerprint density at radius 2 is 2.05 bits per heavy atom. The third-order valence-corrected chi connectivity index (χ3v) is 5.93. The lowest BCUT2D eigenvalue weighted by Crippen LogP contribution is -2.40. The number of sulfonamides is 1. The molecule has 1 atom stereocenters. The van der Waals surface area contributed by atoms with E-state index in [1.165, 1.54) is 0 Å². The summed E-state index contributed by atoms with van der Waals surface area (Å²) in [5.74, 6) is 0. The van der Waals surface area contributed by atoms with Gasteiger partial charge in [0.1, 0.15) is 0 Å². The minimum absolute atomic E-state index is 0.331. The molecule has 1 aromatic rings. The molecule has 0 aliphatic heterocycles. The largest absolute Gasteiger partial charge is 0.313 e. The number of hydrogen-bond donors (Lipinski definition) is 2. The van der Waals surface area contributed by atoms with Crippen molar-refractivity contribution in [2.45, 2.75) is 37.5 Å². The molecule has 7 heteroatoms. The van der Waals surface area contributed by atoms with Crippen LogP contribution in [0.5, 0.6) is 0 Å². The highest BCUT2D eigenvalue weighted by molar-refractivity contribution is 7.90. The zero-order valence-electron chi connectivity index (χ0n) is 11.9. The molecule has 1 unspecified atom stereocenters. The van der Waals surface area contributed by atoms with E-state index in [9.17, 15) is 8.42 Å². The van der Waals surface area contributed by atoms with Gasteiger partial charge in [0.05, 0.1) is 5.25 Å². The highest BCUT2D eigenvalue weighted by Crippen LogP contribution is 2.21. The number of halogens is 2. The molecule has 2 N–H and O–H groups in total. The SMILES string of the molecule is CC(CNC1CC1)S(=O)(=O)NCCc1ccc(Cl)cc1Cl. The average Bonchev–Trinajstić information content (AvgIpc) is 3.22. The average molecular weight is 351 g/mol. The molecule has 1 aliphatic carbocycles. The van der Waals surface area contributed by atoms with Crippen molar-refractivity contribution < 1.29 is 8.42 Å². The second kappa shape index (κ2) is 7.29. The van der Waals surface area contributed by atoms with Crippen LogP contribution >= 0.6 is 23.2 Å². The Morgan fingerprint density at radius 3 is 2.67 bits per heavy atom. The fourth-order valence-corrected chi connectivity index (χ4v) is 3.41. The van der Waals surface area contributed by atoms with E-state index in [-0.39, 0.29) is 0 Å². The maximum Gasteiger partial charge on any atom is 0.215 e. The topological polar surface area (TPSA) is 58.2 Å². The van der Waals surface area contributed by atoms with Crippen molar-refractivity contribution in [3.8, 4) is 0 Å². The first-order valence-corrected chi connectivity index (χ1v) is 9.34. The van der Waals surface area contributed by atoms with Gasteiger partial charge in [-0.3, -0.25) is 0 Å². The molecular weight excluding hydrogens is 331 g/mol. The van der Waals surface area contributed by atoms with E-state index in [0.29, 0.717) is 35.6 Å². The van der Waals surface area contributed by atoms with Gasteiger partial charge >= 0.3 is 0 Å². The number of benzene rings is 1. The summed E-state index contributed by atoms with van der Waals surface area (Å²) in [6.45, 7) is 2.53. The van der Waals surface area contributed by atoms with Gasteiger partial charge in [0.15, 0.2) is 0 Å². The standard InChI is InChI=1S/C14H20Cl2N2O2S/c1-10(9-17-13-4-5-13)21(19,20)18-7-6-11-2-3-12(15)8-14(11)16/h2-3,8,10,13,17-18H,4-7,9H2,1H3. The monoisotopic (exact) mass is 350 g/mol. The maximum absolute atomic E-state index is 12.1. The molecule has 0 aromatic heterocycles. The van der Waals surface area contributed by atoms with Crippen LogP contribution in [0.1, 0.15) is 25.3 Å². The number of hydrogen-bond acceptors (Lipinski definition) is 3. The van der Waals surface area contributed by atoms with E-state index in [2.05, 4.69) is 10.0 Å². The maximum atomic E-state index is 12.1. The van der Waals surface area contributed by atoms with E-state index in [0.717, 1.165) is 18.4 Å². The van der Waals surface area contributed by atoms with Crippen molar-refractivity contribution in [3.63, 3.8) is 0 Å². The third-order valence-electron chi connectivity index (χ3n) is 3.51. The lowest BCUT2D eigenvalue weighted by molar-refractivity contribution is 0.557. The van der Waals surface area contributed by atoms with Gasteiger partial charge < -0.3 is 5.32 Å². The quantitative estimate of drug-likeness (QED) is 0.757. The molecule has 1 saturated carbocycles. The second-order valence-corrected chi connectivity index (χ2v) is 8.45. The lowest BCUT2D eigenvalue weighted by atomic mass is 10.1. The van der Waals surface area contributed by atoms with E-state index >= 15 is 0 Å². The first-order chi connectivity index (χ1) is 9.88. The van der Waals surface area contributed by atoms with Crippen LogP contribution in [-0.4, -0.2) is 32.8 Å². The molecule has 0 saturated heterocycles. The summed E-state index contributed by atoms with van der Waals surface area (Å²) in [5.41, 5.74) is 0.882. The summed E-state index contributed by atoms with van der Waals surface area (Å²) < 4.78 is 26.8. The van der Waals surface area contributed by atoms with Crippen molar-refractivity contribution in [2.75, 3.05) is 13.1 Å². The highest BCUT2D eigenvalue weighted by Gasteiger charge is 2.25. The normalized spacial score (nSPS) is 16.9. The lowest BCUT2D eigenvalue weighted by Gasteiger charge is -2.14. The summed E-state index contributed by atoms with van der Waals surface area (Å²) in [4.78, 5) is 0. The first-order valence-electron chi connectivity index (χ1n) is 7.04. The van der Waals surface area contributed by atoms with Crippen LogP contribution in [0.2, 0.25) is 10.0 Å². The first kappa shape index (κ1) is 17.0. The van der Waals surface area contributed by atoms with Crippen molar-refractivity contribution in [1.29, 1.82) is 0 Å². The summed E-state index contributed by atoms with van der Waals surface area (Å²) >= 11 is 11.9. The molecule has 118 valence electrons. The molecule has 0 spiro atoms. The van der Waals surface area contributed by atoms with Crippen LogP contribution in [-0.2, 0) is 16.4 Å². The Hall–Kier alpha value is -0.330. The zero-order chi connectivity index (χ0) is 15.5. The smallest absolute Gasteiger partial charge is 0.215 e. The minimum Gasteiger partial charge on any atom is -0.313 e. The van der Waals surface area contributed by atoms with Gasteiger partial charge in [-0.15, -0.1) is 0 Å². The van der Waals surface area contributed by atoms with Crippen molar-refractivity contribution in [3.05, 3.63) is 33.8 Å². The number of nitrogens with one attached hydrogen (secondary N) is 2. The van der Waals surface area contributed by atoms with Crippen molar-refractivity contribution in [2.24, 2.45) is 0 Å². The van der Waals surface area contributed by atoms with Crippen LogP contribution in [0.3, 0.4) is 0 Å². The molecule has 0 bridgehead atoms. The van der Waals surface area contributed by atoms with Crippen LogP contribution < -0.4 is 10.0 Å². The van der Waals surface area contributed by atoms with E-state index < -0.39 is 15.3 Å². The summed E-state index contributed by atoms with van der Waals surface area (Å²) in [6.07, 6.45) is 2.84. The van der Waals surface area contributed by atoms with Crippen LogP contribution in [0.15, 0.2) is 18.2 Å². The van der Waals surface area contributed by atoms with Crippen LogP contribution in [0, 0.1) is 0 Å². The Kier molecular flexibility index (Phi) is 5.91. The van der Waals surface area contributed by atoms with E-state index in [1.54, 1.807) is 19.1 Å². The predicted octanol–water partition coefficient (Wildman–Crippen LogP) is 2.60. The molecule has 1 aromatic carbocycles. The second-order valence-electron chi connectivity index (χ2n) is 5.42. The molecule has 21 heavy (non-hydrogen) atoms. The van der Waals surface area contributed by atoms with Gasteiger partial charge in [0.25, 0.3) is 0 Å². The zero-order valence-corrected chi connectivity index (χ0v) is 14.2. The molecular formula is C14H20Cl2N2O2S. The Bertz CT molecular complexity index is 589. The molecule has 0 radical (unpaired) electrons. The molecule has 0 heterocycles. The van der Waals surface area contributed by atoms with Crippen LogP contribution in [0.25, 0.3) is 0 Å². The van der Waals surface area contributed by atoms with Gasteiger partial charge in [-0.05, 0) is 43.9 Å². The molecule has 1 aliphatic rings. The van der Waals surface area contributed by atoms with E-state index in [1.807, 2.05) is 6.07 Å². The molecule has 1 fully saturated rings. The number of rotatable bonds is 8. The summed E-state index contributed by atoms with van der Waals surface area (Å²) in [5, 5.41) is 3.92. The fraction of sp³-hybridized carbons (Fsp3) is 0.571. The Balaban J connectivity index is 1.80. The third kappa shape index (κ3) is 5.42. The highest BCUT2D eigenvalue weighted by atomic mass is 35.5. The molecule has 2 rings (SSSR count). The predicted molar refractivity (Wildman–Crippen MR) is 87.6 cm³/mol. The summed E-state index contributed by atoms with van der Waals surface area (Å²) in [6, 6.07) is 5.74. The van der Waals surface area contributed by atoms with Crippen LogP contribution in [0.4, 0.5) is 0 Å². The van der Waals surface area contributed by atoms with Gasteiger partial charge in [0.2, 0.25) is 10.0 Å². The minimum atomic E-state index is -3.30. The summed E-state index contributed by atoms with van der Waals surface area (Å²) in [7, 11) is -3.30. The van der Waals surface area contributed by atoms with Gasteiger partial charge in [-0.1, -0.05) is 29.3 Å². The van der Waals surface area contributed by atoms with Gasteiger partial charge in [0, 0.05) is 29.2 Å². The van der Waals surface area contributed by atoms with Gasteiger partial charge in [-0.25, -0.2) is 13.1 Å². The van der Waals surface area contributed by atoms with Crippen molar-refractivity contribution in [1.82, 2.24) is 10.0 Å². The van der Waals surface area contributed by atoms with Crippen molar-refractivity contribution >= 4 is 33.2 Å². The fourth-order valence-electron chi connectivity index (χ4n) is 1.92. The molecule has 4 nitrogen and oxygen atoms in total. The Labute approximate surface area is 136 Å².